The van der Waals surface area contributed by atoms with E-state index in [0.717, 1.165) is 19.3 Å². The molecule has 0 aromatic heterocycles. The number of carbonyl (C=O) groups excluding carboxylic acids is 3. The van der Waals surface area contributed by atoms with Crippen LogP contribution in [0.5, 0.6) is 0 Å². The normalized spacial score (nSPS) is 19.1. The highest BCUT2D eigenvalue weighted by Crippen LogP contribution is 2.14. The van der Waals surface area contributed by atoms with E-state index < -0.39 is 0 Å². The summed E-state index contributed by atoms with van der Waals surface area (Å²) in [5.74, 6) is -0.171. The van der Waals surface area contributed by atoms with Crippen molar-refractivity contribution < 1.29 is 14.4 Å². The van der Waals surface area contributed by atoms with E-state index in [1.165, 1.54) is 4.90 Å². The number of rotatable bonds is 8. The Morgan fingerprint density at radius 1 is 1.32 bits per heavy atom. The number of carbonyl (C=O) groups is 3. The molecule has 0 radical (unpaired) electrons. The first-order chi connectivity index (χ1) is 9.10. The third-order valence-corrected chi connectivity index (χ3v) is 3.25. The van der Waals surface area contributed by atoms with Gasteiger partial charge in [0, 0.05) is 19.5 Å². The van der Waals surface area contributed by atoms with Crippen molar-refractivity contribution in [3.8, 4) is 0 Å². The maximum atomic E-state index is 11.8. The van der Waals surface area contributed by atoms with Gasteiger partial charge in [-0.25, -0.2) is 0 Å². The smallest absolute Gasteiger partial charge is 0.246 e. The molecule has 1 aliphatic heterocycles. The van der Waals surface area contributed by atoms with Gasteiger partial charge in [-0.3, -0.25) is 19.3 Å². The molecule has 1 atom stereocenters. The number of imide groups is 1. The van der Waals surface area contributed by atoms with Crippen LogP contribution in [0.25, 0.3) is 0 Å². The van der Waals surface area contributed by atoms with Crippen LogP contribution in [0.1, 0.15) is 39.0 Å². The number of likely N-dealkylation sites (N-methyl/N-ethyl adjacent to an activating group) is 1. The van der Waals surface area contributed by atoms with Gasteiger partial charge in [0.1, 0.15) is 0 Å². The molecule has 1 unspecified atom stereocenters. The van der Waals surface area contributed by atoms with Crippen LogP contribution in [0.15, 0.2) is 0 Å². The van der Waals surface area contributed by atoms with E-state index in [2.05, 4.69) is 10.6 Å². The van der Waals surface area contributed by atoms with E-state index in [0.29, 0.717) is 19.5 Å². The van der Waals surface area contributed by atoms with E-state index in [4.69, 9.17) is 0 Å². The Kier molecular flexibility index (Phi) is 6.49. The van der Waals surface area contributed by atoms with E-state index >= 15 is 0 Å². The summed E-state index contributed by atoms with van der Waals surface area (Å²) in [5, 5.41) is 5.58. The molecular weight excluding hydrogens is 246 g/mol. The summed E-state index contributed by atoms with van der Waals surface area (Å²) in [6, 6.07) is -0.358. The summed E-state index contributed by atoms with van der Waals surface area (Å²) in [6.07, 6.45) is 3.16. The van der Waals surface area contributed by atoms with Crippen LogP contribution in [0, 0.1) is 0 Å². The van der Waals surface area contributed by atoms with Gasteiger partial charge < -0.3 is 10.6 Å². The molecule has 0 aromatic carbocycles. The van der Waals surface area contributed by atoms with Crippen LogP contribution < -0.4 is 10.6 Å². The molecule has 0 aromatic rings. The fourth-order valence-electron chi connectivity index (χ4n) is 2.16. The molecule has 1 fully saturated rings. The molecule has 6 nitrogen and oxygen atoms in total. The predicted molar refractivity (Wildman–Crippen MR) is 71.3 cm³/mol. The van der Waals surface area contributed by atoms with Crippen molar-refractivity contribution in [2.45, 2.75) is 45.1 Å². The number of unbranched alkanes of at least 4 members (excludes halogenated alkanes) is 2. The Morgan fingerprint density at radius 3 is 2.63 bits per heavy atom. The van der Waals surface area contributed by atoms with Gasteiger partial charge in [0.2, 0.25) is 17.7 Å². The average molecular weight is 269 g/mol. The minimum Gasteiger partial charge on any atom is -0.356 e. The molecule has 19 heavy (non-hydrogen) atoms. The van der Waals surface area contributed by atoms with Crippen LogP contribution in [-0.4, -0.2) is 48.8 Å². The zero-order valence-electron chi connectivity index (χ0n) is 11.7. The third-order valence-electron chi connectivity index (χ3n) is 3.25. The first-order valence-electron chi connectivity index (χ1n) is 6.88. The minimum atomic E-state index is -0.358. The predicted octanol–water partition coefficient (Wildman–Crippen LogP) is 0.0298. The lowest BCUT2D eigenvalue weighted by Crippen LogP contribution is -2.37. The topological polar surface area (TPSA) is 78.5 Å². The van der Waals surface area contributed by atoms with Gasteiger partial charge in [-0.15, -0.1) is 0 Å². The number of likely N-dealkylation sites (tertiary alicyclic amines) is 1. The molecule has 108 valence electrons. The number of amides is 3. The molecule has 0 bridgehead atoms. The van der Waals surface area contributed by atoms with Gasteiger partial charge in [-0.1, -0.05) is 6.42 Å². The van der Waals surface area contributed by atoms with E-state index in [-0.39, 0.29) is 30.2 Å². The number of nitrogens with zero attached hydrogens (tertiary/aromatic N) is 1. The average Bonchev–Trinajstić information content (AvgIpc) is 2.65. The molecule has 0 aliphatic carbocycles. The maximum Gasteiger partial charge on any atom is 0.246 e. The van der Waals surface area contributed by atoms with Gasteiger partial charge in [0.25, 0.3) is 0 Å². The maximum absolute atomic E-state index is 11.8. The summed E-state index contributed by atoms with van der Waals surface area (Å²) in [6.45, 7) is 3.01. The molecule has 6 heteroatoms. The summed E-state index contributed by atoms with van der Waals surface area (Å²) in [4.78, 5) is 35.9. The SMILES string of the molecule is CCNC(=O)CCCCCN1C(=O)CC(NC)C1=O. The van der Waals surface area contributed by atoms with E-state index in [1.54, 1.807) is 7.05 Å². The number of hydrogen-bond donors (Lipinski definition) is 2. The Labute approximate surface area is 113 Å². The van der Waals surface area contributed by atoms with Crippen LogP contribution in [0.2, 0.25) is 0 Å². The van der Waals surface area contributed by atoms with E-state index in [9.17, 15) is 14.4 Å². The van der Waals surface area contributed by atoms with Crippen molar-refractivity contribution in [1.29, 1.82) is 0 Å². The molecule has 0 saturated carbocycles. The van der Waals surface area contributed by atoms with Crippen molar-refractivity contribution in [1.82, 2.24) is 15.5 Å². The molecule has 0 spiro atoms. The summed E-state index contributed by atoms with van der Waals surface area (Å²) < 4.78 is 0. The number of hydrogen-bond acceptors (Lipinski definition) is 4. The quantitative estimate of drug-likeness (QED) is 0.481. The molecule has 2 N–H and O–H groups in total. The molecule has 1 heterocycles. The highest BCUT2D eigenvalue weighted by atomic mass is 16.2. The molecule has 1 saturated heterocycles. The Balaban J connectivity index is 2.18. The van der Waals surface area contributed by atoms with Gasteiger partial charge in [0.15, 0.2) is 0 Å². The zero-order valence-corrected chi connectivity index (χ0v) is 11.7. The summed E-state index contributed by atoms with van der Waals surface area (Å²) in [5.41, 5.74) is 0. The molecule has 1 aliphatic rings. The Bertz CT molecular complexity index is 344. The van der Waals surface area contributed by atoms with Crippen molar-refractivity contribution in [3.05, 3.63) is 0 Å². The van der Waals surface area contributed by atoms with Crippen molar-refractivity contribution >= 4 is 17.7 Å². The molecular formula is C13H23N3O3. The lowest BCUT2D eigenvalue weighted by atomic mass is 10.2. The Morgan fingerprint density at radius 2 is 2.05 bits per heavy atom. The summed E-state index contributed by atoms with van der Waals surface area (Å²) >= 11 is 0. The second kappa shape index (κ2) is 7.89. The fraction of sp³-hybridized carbons (Fsp3) is 0.769. The van der Waals surface area contributed by atoms with Crippen LogP contribution >= 0.6 is 0 Å². The third kappa shape index (κ3) is 4.63. The van der Waals surface area contributed by atoms with Gasteiger partial charge in [0.05, 0.1) is 12.5 Å². The van der Waals surface area contributed by atoms with Crippen molar-refractivity contribution in [2.24, 2.45) is 0 Å². The van der Waals surface area contributed by atoms with Crippen molar-refractivity contribution in [2.75, 3.05) is 20.1 Å². The van der Waals surface area contributed by atoms with Crippen LogP contribution in [0.3, 0.4) is 0 Å². The molecule has 1 rings (SSSR count). The van der Waals surface area contributed by atoms with E-state index in [1.807, 2.05) is 6.92 Å². The Hall–Kier alpha value is -1.43. The second-order valence-corrected chi connectivity index (χ2v) is 4.69. The first-order valence-corrected chi connectivity index (χ1v) is 6.88. The fourth-order valence-corrected chi connectivity index (χ4v) is 2.16. The monoisotopic (exact) mass is 269 g/mol. The standard InChI is InChI=1S/C13H23N3O3/c1-3-15-11(17)7-5-4-6-8-16-12(18)9-10(14-2)13(16)19/h10,14H,3-9H2,1-2H3,(H,15,17). The zero-order chi connectivity index (χ0) is 14.3. The lowest BCUT2D eigenvalue weighted by molar-refractivity contribution is -0.139. The van der Waals surface area contributed by atoms with Crippen LogP contribution in [0.4, 0.5) is 0 Å². The van der Waals surface area contributed by atoms with Gasteiger partial charge in [-0.2, -0.15) is 0 Å². The van der Waals surface area contributed by atoms with Crippen molar-refractivity contribution in [3.63, 3.8) is 0 Å². The number of nitrogens with one attached hydrogen (secondary N) is 2. The first kappa shape index (κ1) is 15.6. The minimum absolute atomic E-state index is 0.0612. The highest BCUT2D eigenvalue weighted by molar-refractivity contribution is 6.05. The van der Waals surface area contributed by atoms with Gasteiger partial charge in [-0.05, 0) is 26.8 Å². The van der Waals surface area contributed by atoms with Gasteiger partial charge >= 0.3 is 0 Å². The molecule has 3 amide bonds. The highest BCUT2D eigenvalue weighted by Gasteiger charge is 2.36. The second-order valence-electron chi connectivity index (χ2n) is 4.69. The summed E-state index contributed by atoms with van der Waals surface area (Å²) in [7, 11) is 1.69. The largest absolute Gasteiger partial charge is 0.356 e. The lowest BCUT2D eigenvalue weighted by Gasteiger charge is -2.14. The van der Waals surface area contributed by atoms with Crippen LogP contribution in [-0.2, 0) is 14.4 Å².